The highest BCUT2D eigenvalue weighted by Gasteiger charge is 2.38. The number of hydrogen-bond acceptors (Lipinski definition) is 8. The third-order valence-electron chi connectivity index (χ3n) is 19.1. The molecule has 0 aromatic carbocycles. The minimum Gasteiger partial charge on any atom is -0.465 e. The largest absolute Gasteiger partial charge is 0.465 e. The second-order valence-corrected chi connectivity index (χ2v) is 28.4. The van der Waals surface area contributed by atoms with E-state index in [4.69, 9.17) is 18.9 Å². The van der Waals surface area contributed by atoms with E-state index in [9.17, 15) is 19.2 Å². The molecule has 0 fully saturated rings. The number of hydrogen-bond donors (Lipinski definition) is 0. The van der Waals surface area contributed by atoms with Gasteiger partial charge in [0.25, 0.3) is 0 Å². The van der Waals surface area contributed by atoms with Crippen LogP contribution >= 0.6 is 0 Å². The van der Waals surface area contributed by atoms with Crippen LogP contribution in [0.25, 0.3) is 0 Å². The molecular formula is C81H156O8. The first kappa shape index (κ1) is 86.9. The normalized spacial score (nSPS) is 11.6. The van der Waals surface area contributed by atoms with E-state index in [2.05, 4.69) is 27.7 Å². The fourth-order valence-corrected chi connectivity index (χ4v) is 12.7. The van der Waals surface area contributed by atoms with Gasteiger partial charge in [-0.2, -0.15) is 0 Å². The van der Waals surface area contributed by atoms with Crippen LogP contribution in [0.4, 0.5) is 0 Å². The Bertz CT molecular complexity index is 1230. The number of unbranched alkanes of at least 4 members (excludes halogenated alkanes) is 60. The van der Waals surface area contributed by atoms with Gasteiger partial charge in [-0.05, 0) is 25.7 Å². The summed E-state index contributed by atoms with van der Waals surface area (Å²) in [6.07, 6.45) is 82.2. The van der Waals surface area contributed by atoms with E-state index in [1.54, 1.807) is 0 Å². The molecule has 0 radical (unpaired) electrons. The number of carbonyl (C=O) groups excluding carboxylic acids is 4. The first-order valence-electron chi connectivity index (χ1n) is 40.4. The van der Waals surface area contributed by atoms with Crippen molar-refractivity contribution >= 4 is 23.9 Å². The number of carbonyl (C=O) groups is 4. The molecule has 8 heteroatoms. The summed E-state index contributed by atoms with van der Waals surface area (Å²) in [5.74, 6) is -1.28. The van der Waals surface area contributed by atoms with Crippen molar-refractivity contribution in [2.24, 2.45) is 5.41 Å². The topological polar surface area (TPSA) is 105 Å². The molecule has 0 aliphatic carbocycles. The van der Waals surface area contributed by atoms with Crippen molar-refractivity contribution in [2.45, 2.75) is 464 Å². The lowest BCUT2D eigenvalue weighted by molar-refractivity contribution is -0.170. The first-order valence-corrected chi connectivity index (χ1v) is 40.4. The summed E-state index contributed by atoms with van der Waals surface area (Å²) in [4.78, 5) is 53.7. The predicted molar refractivity (Wildman–Crippen MR) is 383 cm³/mol. The molecule has 0 spiro atoms. The lowest BCUT2D eigenvalue weighted by Crippen LogP contribution is -2.44. The fourth-order valence-electron chi connectivity index (χ4n) is 12.7. The van der Waals surface area contributed by atoms with Crippen LogP contribution in [0.15, 0.2) is 0 Å². The molecular weight excluding hydrogens is 1100 g/mol. The molecule has 0 aliphatic rings. The lowest BCUT2D eigenvalue weighted by atomic mass is 9.92. The van der Waals surface area contributed by atoms with Crippen molar-refractivity contribution in [3.05, 3.63) is 0 Å². The Hall–Kier alpha value is -2.12. The Morgan fingerprint density at radius 3 is 0.382 bits per heavy atom. The minimum absolute atomic E-state index is 0.157. The van der Waals surface area contributed by atoms with E-state index in [1.807, 2.05) is 0 Å². The fraction of sp³-hybridized carbons (Fsp3) is 0.951. The van der Waals surface area contributed by atoms with Crippen LogP contribution in [-0.4, -0.2) is 50.3 Å². The molecule has 0 aromatic rings. The van der Waals surface area contributed by atoms with Crippen LogP contribution in [0.2, 0.25) is 0 Å². The van der Waals surface area contributed by atoms with Gasteiger partial charge in [-0.1, -0.05) is 413 Å². The Labute approximate surface area is 555 Å². The van der Waals surface area contributed by atoms with Crippen molar-refractivity contribution in [2.75, 3.05) is 26.4 Å². The van der Waals surface area contributed by atoms with Crippen LogP contribution in [0.3, 0.4) is 0 Å². The zero-order valence-corrected chi connectivity index (χ0v) is 60.7. The van der Waals surface area contributed by atoms with Crippen molar-refractivity contribution in [3.8, 4) is 0 Å². The van der Waals surface area contributed by atoms with Gasteiger partial charge in [0.05, 0.1) is 0 Å². The summed E-state index contributed by atoms with van der Waals surface area (Å²) in [7, 11) is 0. The second kappa shape index (κ2) is 73.3. The van der Waals surface area contributed by atoms with Crippen LogP contribution in [0.1, 0.15) is 464 Å². The van der Waals surface area contributed by atoms with E-state index in [0.717, 1.165) is 77.0 Å². The molecule has 0 atom stereocenters. The molecule has 0 aromatic heterocycles. The first-order chi connectivity index (χ1) is 43.8. The summed E-state index contributed by atoms with van der Waals surface area (Å²) in [6.45, 7) is 8.49. The Morgan fingerprint density at radius 2 is 0.270 bits per heavy atom. The monoisotopic (exact) mass is 1260 g/mol. The van der Waals surface area contributed by atoms with Gasteiger partial charge in [0, 0.05) is 25.7 Å². The summed E-state index contributed by atoms with van der Waals surface area (Å²) >= 11 is 0. The zero-order chi connectivity index (χ0) is 64.5. The van der Waals surface area contributed by atoms with E-state index >= 15 is 0 Å². The van der Waals surface area contributed by atoms with E-state index in [1.165, 1.54) is 334 Å². The summed E-state index contributed by atoms with van der Waals surface area (Å²) in [5, 5.41) is 0. The molecule has 0 aliphatic heterocycles. The zero-order valence-electron chi connectivity index (χ0n) is 60.7. The predicted octanol–water partition coefficient (Wildman–Crippen LogP) is 26.8. The van der Waals surface area contributed by atoms with Gasteiger partial charge in [0.15, 0.2) is 0 Å². The molecule has 0 rings (SSSR count). The molecule has 528 valence electrons. The standard InChI is InChI=1S/C81H156O8/c1-5-9-13-17-21-25-29-33-37-41-45-49-53-57-61-65-69-77(82)86-73-81(74-87-78(83)70-66-62-58-54-50-46-42-38-34-30-26-22-18-14-10-6-2,75-88-79(84)71-67-63-59-55-51-47-43-39-35-31-27-23-19-15-11-7-3)76-89-80(85)72-68-64-60-56-52-48-44-40-36-32-28-24-20-16-12-8-4/h5-76H2,1-4H3. The molecule has 0 bridgehead atoms. The molecule has 0 N–H and O–H groups in total. The lowest BCUT2D eigenvalue weighted by Gasteiger charge is -2.31. The van der Waals surface area contributed by atoms with Crippen molar-refractivity contribution in [1.82, 2.24) is 0 Å². The van der Waals surface area contributed by atoms with Crippen LogP contribution in [-0.2, 0) is 38.1 Å². The quantitative estimate of drug-likeness (QED) is 0.0337. The average molecular weight is 1260 g/mol. The van der Waals surface area contributed by atoms with Crippen LogP contribution in [0.5, 0.6) is 0 Å². The smallest absolute Gasteiger partial charge is 0.305 e. The van der Waals surface area contributed by atoms with Gasteiger partial charge in [-0.25, -0.2) is 0 Å². The average Bonchev–Trinajstić information content (AvgIpc) is 3.62. The highest BCUT2D eigenvalue weighted by molar-refractivity contribution is 5.71. The maximum absolute atomic E-state index is 13.4. The van der Waals surface area contributed by atoms with Gasteiger partial charge in [0.1, 0.15) is 31.8 Å². The van der Waals surface area contributed by atoms with E-state index in [-0.39, 0.29) is 50.3 Å². The van der Waals surface area contributed by atoms with E-state index in [0.29, 0.717) is 25.7 Å². The second-order valence-electron chi connectivity index (χ2n) is 28.4. The third-order valence-corrected chi connectivity index (χ3v) is 19.1. The minimum atomic E-state index is -1.21. The molecule has 89 heavy (non-hydrogen) atoms. The van der Waals surface area contributed by atoms with Gasteiger partial charge in [-0.3, -0.25) is 19.2 Å². The van der Waals surface area contributed by atoms with Crippen LogP contribution in [0, 0.1) is 5.41 Å². The highest BCUT2D eigenvalue weighted by Crippen LogP contribution is 2.25. The van der Waals surface area contributed by atoms with Crippen molar-refractivity contribution in [3.63, 3.8) is 0 Å². The molecule has 0 saturated carbocycles. The SMILES string of the molecule is CCCCCCCCCCCCCCCCCCC(=O)OCC(COC(=O)CCCCCCCCCCCCCCCCCC)(COC(=O)CCCCCCCCCCCCCCCCCC)COC(=O)CCCCCCCCCCCCCCCCCC. The third kappa shape index (κ3) is 68.6. The molecule has 0 unspecified atom stereocenters. The van der Waals surface area contributed by atoms with Gasteiger partial charge >= 0.3 is 23.9 Å². The van der Waals surface area contributed by atoms with E-state index < -0.39 is 5.41 Å². The maximum atomic E-state index is 13.4. The van der Waals surface area contributed by atoms with Crippen molar-refractivity contribution in [1.29, 1.82) is 0 Å². The Kier molecular flexibility index (Phi) is 71.5. The molecule has 8 nitrogen and oxygen atoms in total. The van der Waals surface area contributed by atoms with Gasteiger partial charge < -0.3 is 18.9 Å². The Balaban J connectivity index is 5.39. The molecule has 0 saturated heterocycles. The summed E-state index contributed by atoms with van der Waals surface area (Å²) in [5.41, 5.74) is -1.21. The van der Waals surface area contributed by atoms with Gasteiger partial charge in [0.2, 0.25) is 0 Å². The number of esters is 4. The maximum Gasteiger partial charge on any atom is 0.305 e. The Morgan fingerprint density at radius 1 is 0.169 bits per heavy atom. The molecule has 0 heterocycles. The number of rotatable bonds is 76. The number of ether oxygens (including phenoxy) is 4. The van der Waals surface area contributed by atoms with Crippen molar-refractivity contribution < 1.29 is 38.1 Å². The van der Waals surface area contributed by atoms with Crippen LogP contribution < -0.4 is 0 Å². The highest BCUT2D eigenvalue weighted by atomic mass is 16.6. The summed E-state index contributed by atoms with van der Waals surface area (Å²) in [6, 6.07) is 0. The molecule has 0 amide bonds. The summed E-state index contributed by atoms with van der Waals surface area (Å²) < 4.78 is 24.0. The van der Waals surface area contributed by atoms with Gasteiger partial charge in [-0.15, -0.1) is 0 Å².